The maximum Gasteiger partial charge on any atom is 0.490 e. The van der Waals surface area contributed by atoms with E-state index in [1.54, 1.807) is 0 Å². The van der Waals surface area contributed by atoms with Crippen molar-refractivity contribution in [1.29, 1.82) is 0 Å². The fourth-order valence-electron chi connectivity index (χ4n) is 2.01. The topological polar surface area (TPSA) is 70.6 Å². The molecule has 0 radical (unpaired) electrons. The minimum Gasteiger partial charge on any atom is -0.475 e. The lowest BCUT2D eigenvalue weighted by molar-refractivity contribution is -0.192. The first-order chi connectivity index (χ1) is 9.88. The van der Waals surface area contributed by atoms with Crippen LogP contribution in [0.15, 0.2) is 18.2 Å². The fourth-order valence-corrected chi connectivity index (χ4v) is 2.01. The number of aliphatic carboxylic acids is 1. The summed E-state index contributed by atoms with van der Waals surface area (Å²) in [6.07, 6.45) is -5.08. The molecular weight excluding hydrogens is 289 g/mol. The number of carboxylic acids is 1. The number of carboxylic acid groups (broad SMARTS) is 1. The van der Waals surface area contributed by atoms with Gasteiger partial charge in [-0.25, -0.2) is 4.79 Å². The summed E-state index contributed by atoms with van der Waals surface area (Å²) in [5.41, 5.74) is 4.13. The number of benzene rings is 1. The lowest BCUT2D eigenvalue weighted by atomic mass is 10.1. The van der Waals surface area contributed by atoms with E-state index in [-0.39, 0.29) is 0 Å². The number of halogens is 3. The number of anilines is 1. The molecule has 2 heterocycles. The van der Waals surface area contributed by atoms with Gasteiger partial charge in [0.15, 0.2) is 0 Å². The van der Waals surface area contributed by atoms with Crippen LogP contribution >= 0.6 is 0 Å². The number of rotatable bonds is 2. The van der Waals surface area contributed by atoms with Crippen LogP contribution in [-0.2, 0) is 22.6 Å². The Hall–Kier alpha value is -1.80. The number of alkyl halides is 3. The van der Waals surface area contributed by atoms with Crippen molar-refractivity contribution < 1.29 is 27.8 Å². The van der Waals surface area contributed by atoms with Crippen LogP contribution in [0, 0.1) is 0 Å². The zero-order valence-corrected chi connectivity index (χ0v) is 11.0. The summed E-state index contributed by atoms with van der Waals surface area (Å²) in [4.78, 5) is 8.90. The first-order valence-corrected chi connectivity index (χ1v) is 6.34. The van der Waals surface area contributed by atoms with E-state index < -0.39 is 12.1 Å². The minimum atomic E-state index is -5.08. The summed E-state index contributed by atoms with van der Waals surface area (Å²) in [5, 5.41) is 14.0. The van der Waals surface area contributed by atoms with Gasteiger partial charge in [0.25, 0.3) is 0 Å². The van der Waals surface area contributed by atoms with Gasteiger partial charge in [-0.2, -0.15) is 13.2 Å². The van der Waals surface area contributed by atoms with Gasteiger partial charge in [0, 0.05) is 18.8 Å². The van der Waals surface area contributed by atoms with Crippen LogP contribution in [0.2, 0.25) is 0 Å². The number of carbonyl (C=O) groups is 1. The summed E-state index contributed by atoms with van der Waals surface area (Å²) >= 11 is 0. The van der Waals surface area contributed by atoms with E-state index in [1.807, 2.05) is 0 Å². The molecule has 1 saturated heterocycles. The molecule has 0 atom stereocenters. The number of hydrogen-bond acceptors (Lipinski definition) is 4. The number of nitrogens with one attached hydrogen (secondary N) is 2. The Kier molecular flexibility index (Phi) is 4.69. The van der Waals surface area contributed by atoms with E-state index in [0.717, 1.165) is 26.3 Å². The van der Waals surface area contributed by atoms with Crippen molar-refractivity contribution in [2.75, 3.05) is 18.5 Å². The minimum absolute atomic E-state index is 0.516. The molecule has 116 valence electrons. The van der Waals surface area contributed by atoms with Crippen molar-refractivity contribution in [1.82, 2.24) is 5.32 Å². The number of hydrogen-bond donors (Lipinski definition) is 3. The normalized spacial score (nSPS) is 17.3. The van der Waals surface area contributed by atoms with E-state index in [0.29, 0.717) is 6.04 Å². The average molecular weight is 304 g/mol. The smallest absolute Gasteiger partial charge is 0.475 e. The second kappa shape index (κ2) is 6.31. The summed E-state index contributed by atoms with van der Waals surface area (Å²) in [6, 6.07) is 6.98. The van der Waals surface area contributed by atoms with Gasteiger partial charge in [-0.1, -0.05) is 12.1 Å². The summed E-state index contributed by atoms with van der Waals surface area (Å²) < 4.78 is 36.9. The third-order valence-corrected chi connectivity index (χ3v) is 3.13. The Labute approximate surface area is 119 Å². The third kappa shape index (κ3) is 4.08. The van der Waals surface area contributed by atoms with Crippen molar-refractivity contribution in [3.8, 4) is 0 Å². The highest BCUT2D eigenvalue weighted by molar-refractivity contribution is 5.73. The van der Waals surface area contributed by atoms with Crippen LogP contribution in [0.1, 0.15) is 11.1 Å². The van der Waals surface area contributed by atoms with Crippen molar-refractivity contribution in [3.05, 3.63) is 29.3 Å². The maximum atomic E-state index is 10.6. The third-order valence-electron chi connectivity index (χ3n) is 3.13. The first kappa shape index (κ1) is 15.6. The Morgan fingerprint density at radius 1 is 1.33 bits per heavy atom. The first-order valence-electron chi connectivity index (χ1n) is 6.34. The Morgan fingerprint density at radius 2 is 2.00 bits per heavy atom. The molecule has 5 nitrogen and oxygen atoms in total. The Bertz CT molecular complexity index is 516. The summed E-state index contributed by atoms with van der Waals surface area (Å²) in [5.74, 6) is -2.76. The molecule has 0 aliphatic carbocycles. The molecule has 0 amide bonds. The standard InChI is InChI=1S/C11H14N2O.C2HF3O2/c1-2-8-4-12-5-10(8)11(3-1)13-9-6-14-7-9;3-2(4,5)1(6)7/h1-3,9,12-13H,4-7H2;(H,6,7). The van der Waals surface area contributed by atoms with Gasteiger partial charge in [-0.05, 0) is 17.2 Å². The molecule has 0 unspecified atom stereocenters. The van der Waals surface area contributed by atoms with E-state index in [9.17, 15) is 13.2 Å². The quantitative estimate of drug-likeness (QED) is 0.776. The second-order valence-corrected chi connectivity index (χ2v) is 4.73. The molecule has 1 aromatic rings. The van der Waals surface area contributed by atoms with Crippen LogP contribution in [0.5, 0.6) is 0 Å². The van der Waals surface area contributed by atoms with E-state index in [2.05, 4.69) is 28.8 Å². The molecule has 3 N–H and O–H groups in total. The van der Waals surface area contributed by atoms with Crippen molar-refractivity contribution in [3.63, 3.8) is 0 Å². The average Bonchev–Trinajstić information content (AvgIpc) is 2.82. The molecular formula is C13H15F3N2O3. The number of ether oxygens (including phenoxy) is 1. The van der Waals surface area contributed by atoms with Crippen molar-refractivity contribution >= 4 is 11.7 Å². The maximum absolute atomic E-state index is 10.6. The molecule has 2 aliphatic heterocycles. The van der Waals surface area contributed by atoms with Crippen molar-refractivity contribution in [2.45, 2.75) is 25.3 Å². The molecule has 1 fully saturated rings. The lowest BCUT2D eigenvalue weighted by Crippen LogP contribution is -2.40. The van der Waals surface area contributed by atoms with E-state index >= 15 is 0 Å². The molecule has 8 heteroatoms. The Balaban J connectivity index is 0.000000199. The molecule has 1 aromatic carbocycles. The molecule has 3 rings (SSSR count). The summed E-state index contributed by atoms with van der Waals surface area (Å²) in [7, 11) is 0. The summed E-state index contributed by atoms with van der Waals surface area (Å²) in [6.45, 7) is 3.69. The predicted octanol–water partition coefficient (Wildman–Crippen LogP) is 1.73. The molecule has 2 aliphatic rings. The molecule has 0 aromatic heterocycles. The number of fused-ring (bicyclic) bond motifs is 1. The zero-order chi connectivity index (χ0) is 15.5. The monoisotopic (exact) mass is 304 g/mol. The highest BCUT2D eigenvalue weighted by Gasteiger charge is 2.38. The van der Waals surface area contributed by atoms with Crippen LogP contribution in [0.25, 0.3) is 0 Å². The van der Waals surface area contributed by atoms with E-state index in [1.165, 1.54) is 16.8 Å². The van der Waals surface area contributed by atoms with Gasteiger partial charge in [0.05, 0.1) is 19.3 Å². The van der Waals surface area contributed by atoms with Gasteiger partial charge in [-0.15, -0.1) is 0 Å². The zero-order valence-electron chi connectivity index (χ0n) is 11.0. The predicted molar refractivity (Wildman–Crippen MR) is 68.9 cm³/mol. The second-order valence-electron chi connectivity index (χ2n) is 4.73. The molecule has 0 spiro atoms. The highest BCUT2D eigenvalue weighted by atomic mass is 19.4. The van der Waals surface area contributed by atoms with Crippen LogP contribution < -0.4 is 10.6 Å². The van der Waals surface area contributed by atoms with Crippen LogP contribution in [0.3, 0.4) is 0 Å². The van der Waals surface area contributed by atoms with Crippen LogP contribution in [0.4, 0.5) is 18.9 Å². The van der Waals surface area contributed by atoms with Crippen LogP contribution in [-0.4, -0.2) is 36.5 Å². The fraction of sp³-hybridized carbons (Fsp3) is 0.462. The SMILES string of the molecule is O=C(O)C(F)(F)F.c1cc2c(c(NC3COC3)c1)CNC2. The van der Waals surface area contributed by atoms with Gasteiger partial charge in [0.1, 0.15) is 0 Å². The highest BCUT2D eigenvalue weighted by Crippen LogP contribution is 2.25. The largest absolute Gasteiger partial charge is 0.490 e. The van der Waals surface area contributed by atoms with Gasteiger partial charge < -0.3 is 20.5 Å². The van der Waals surface area contributed by atoms with Gasteiger partial charge in [-0.3, -0.25) is 0 Å². The van der Waals surface area contributed by atoms with Gasteiger partial charge >= 0.3 is 12.1 Å². The Morgan fingerprint density at radius 3 is 2.52 bits per heavy atom. The lowest BCUT2D eigenvalue weighted by Gasteiger charge is -2.28. The van der Waals surface area contributed by atoms with E-state index in [4.69, 9.17) is 14.6 Å². The molecule has 21 heavy (non-hydrogen) atoms. The van der Waals surface area contributed by atoms with Crippen molar-refractivity contribution in [2.24, 2.45) is 0 Å². The molecule has 0 saturated carbocycles. The van der Waals surface area contributed by atoms with Gasteiger partial charge in [0.2, 0.25) is 0 Å². The molecule has 0 bridgehead atoms.